The van der Waals surface area contributed by atoms with Gasteiger partial charge in [0.2, 0.25) is 5.91 Å². The molecule has 2 aliphatic rings. The lowest BCUT2D eigenvalue weighted by Gasteiger charge is -2.23. The summed E-state index contributed by atoms with van der Waals surface area (Å²) in [6.07, 6.45) is 3.84. The van der Waals surface area contributed by atoms with Gasteiger partial charge < -0.3 is 25.2 Å². The number of fused-ring (bicyclic) bond motifs is 1. The number of allylic oxidation sites excluding steroid dienone is 4. The average Bonchev–Trinajstić information content (AvgIpc) is 3.33. The van der Waals surface area contributed by atoms with Crippen molar-refractivity contribution in [3.63, 3.8) is 0 Å². The van der Waals surface area contributed by atoms with Crippen LogP contribution >= 0.6 is 22.6 Å². The second kappa shape index (κ2) is 13.2. The third-order valence-corrected chi connectivity index (χ3v) is 6.84. The van der Waals surface area contributed by atoms with Gasteiger partial charge in [0.05, 0.1) is 29.7 Å². The Kier molecular flexibility index (Phi) is 9.75. The minimum absolute atomic E-state index is 0.255. The van der Waals surface area contributed by atoms with E-state index in [1.807, 2.05) is 57.2 Å². The van der Waals surface area contributed by atoms with Gasteiger partial charge in [-0.25, -0.2) is 14.8 Å². The molecule has 1 aliphatic heterocycles. The summed E-state index contributed by atoms with van der Waals surface area (Å²) in [6, 6.07) is 14.8. The molecule has 0 aromatic heterocycles. The molecule has 0 saturated heterocycles. The average molecular weight is 657 g/mol. The van der Waals surface area contributed by atoms with Crippen molar-refractivity contribution in [3.05, 3.63) is 87.2 Å². The summed E-state index contributed by atoms with van der Waals surface area (Å²) >= 11 is 2.25. The third-order valence-electron chi connectivity index (χ3n) is 6.09. The van der Waals surface area contributed by atoms with Gasteiger partial charge in [-0.05, 0) is 79.1 Å². The highest BCUT2D eigenvalue weighted by Gasteiger charge is 2.30. The second-order valence-electron chi connectivity index (χ2n) is 10.4. The van der Waals surface area contributed by atoms with Crippen molar-refractivity contribution in [2.24, 2.45) is 9.98 Å². The van der Waals surface area contributed by atoms with Crippen LogP contribution in [0.15, 0.2) is 86.0 Å². The normalized spacial score (nSPS) is 16.0. The quantitative estimate of drug-likeness (QED) is 0.222. The van der Waals surface area contributed by atoms with E-state index >= 15 is 0 Å². The van der Waals surface area contributed by atoms with Crippen molar-refractivity contribution >= 4 is 46.1 Å². The highest BCUT2D eigenvalue weighted by Crippen LogP contribution is 2.26. The SMILES string of the molecule is CC(C)(C)OCCOc1ccc(C(NC(=O)O)C(=O)N[C@@H](Cc2ccccc2)C2=NC3=CC(I)=CCC3=N2)cc1. The maximum atomic E-state index is 13.6. The Balaban J connectivity index is 1.51. The van der Waals surface area contributed by atoms with Gasteiger partial charge in [-0.2, -0.15) is 0 Å². The number of rotatable bonds is 11. The van der Waals surface area contributed by atoms with Crippen LogP contribution in [0.3, 0.4) is 0 Å². The number of amidine groups is 1. The molecule has 3 N–H and O–H groups in total. The monoisotopic (exact) mass is 656 g/mol. The molecule has 9 nitrogen and oxygen atoms in total. The van der Waals surface area contributed by atoms with E-state index in [0.29, 0.717) is 43.2 Å². The smallest absolute Gasteiger partial charge is 0.405 e. The van der Waals surface area contributed by atoms with E-state index < -0.39 is 24.1 Å². The fourth-order valence-corrected chi connectivity index (χ4v) is 4.73. The lowest BCUT2D eigenvalue weighted by molar-refractivity contribution is -0.123. The second-order valence-corrected chi connectivity index (χ2v) is 11.6. The van der Waals surface area contributed by atoms with Crippen molar-refractivity contribution in [2.75, 3.05) is 13.2 Å². The van der Waals surface area contributed by atoms with Crippen LogP contribution in [-0.4, -0.2) is 53.5 Å². The summed E-state index contributed by atoms with van der Waals surface area (Å²) in [5, 5.41) is 14.9. The van der Waals surface area contributed by atoms with Gasteiger partial charge in [-0.3, -0.25) is 4.79 Å². The predicted molar refractivity (Wildman–Crippen MR) is 163 cm³/mol. The first kappa shape index (κ1) is 29.5. The molecule has 0 fully saturated rings. The van der Waals surface area contributed by atoms with Crippen LogP contribution in [0.5, 0.6) is 5.75 Å². The minimum atomic E-state index is -1.31. The van der Waals surface area contributed by atoms with Crippen molar-refractivity contribution in [1.29, 1.82) is 0 Å². The fraction of sp³-hybridized carbons (Fsp3) is 0.333. The number of aliphatic imine (C=N–C) groups is 2. The summed E-state index contributed by atoms with van der Waals surface area (Å²) in [5.41, 5.74) is 2.86. The molecule has 0 bridgehead atoms. The number of nitrogens with zero attached hydrogens (tertiary/aromatic N) is 2. The topological polar surface area (TPSA) is 122 Å². The Hall–Kier alpha value is -3.51. The summed E-state index contributed by atoms with van der Waals surface area (Å²) < 4.78 is 12.5. The van der Waals surface area contributed by atoms with Gasteiger partial charge in [-0.15, -0.1) is 0 Å². The molecule has 1 heterocycles. The molecule has 2 aromatic rings. The number of hydrogen-bond donors (Lipinski definition) is 3. The predicted octanol–water partition coefficient (Wildman–Crippen LogP) is 5.38. The first-order valence-electron chi connectivity index (χ1n) is 13.0. The van der Waals surface area contributed by atoms with Crippen LogP contribution in [-0.2, 0) is 16.0 Å². The van der Waals surface area contributed by atoms with Crippen molar-refractivity contribution < 1.29 is 24.2 Å². The zero-order valence-electron chi connectivity index (χ0n) is 22.7. The Morgan fingerprint density at radius 2 is 1.75 bits per heavy atom. The number of ether oxygens (including phenoxy) is 2. The van der Waals surface area contributed by atoms with Crippen molar-refractivity contribution in [3.8, 4) is 5.75 Å². The standard InChI is InChI=1S/C30H33IN4O5/c1-30(2,3)40-16-15-39-22-12-9-20(10-13-22)26(35-29(37)38)28(36)34-25(17-19-7-5-4-6-8-19)27-32-23-14-11-21(31)18-24(23)33-27/h4-13,18,25-26,35H,14-17H2,1-3H3,(H,34,36)(H,37,38)/t25-,26?/m0/s1. The number of hydrogen-bond acceptors (Lipinski definition) is 6. The van der Waals surface area contributed by atoms with Crippen LogP contribution in [0, 0.1) is 0 Å². The molecular formula is C30H33IN4O5. The molecule has 1 aliphatic carbocycles. The Bertz CT molecular complexity index is 1340. The number of nitrogens with one attached hydrogen (secondary N) is 2. The van der Waals surface area contributed by atoms with Crippen LogP contribution < -0.4 is 15.4 Å². The molecule has 0 spiro atoms. The third kappa shape index (κ3) is 8.49. The van der Waals surface area contributed by atoms with Crippen LogP contribution in [0.4, 0.5) is 4.79 Å². The molecule has 10 heteroatoms. The van der Waals surface area contributed by atoms with Crippen LogP contribution in [0.2, 0.25) is 0 Å². The number of carbonyl (C=O) groups excluding carboxylic acids is 1. The van der Waals surface area contributed by atoms with Gasteiger partial charge in [0.15, 0.2) is 5.84 Å². The maximum Gasteiger partial charge on any atom is 0.405 e. The zero-order valence-corrected chi connectivity index (χ0v) is 24.8. The highest BCUT2D eigenvalue weighted by atomic mass is 127. The largest absolute Gasteiger partial charge is 0.491 e. The first-order chi connectivity index (χ1) is 19.1. The summed E-state index contributed by atoms with van der Waals surface area (Å²) in [5.74, 6) is 0.580. The van der Waals surface area contributed by atoms with Gasteiger partial charge in [-0.1, -0.05) is 48.5 Å². The number of amides is 2. The van der Waals surface area contributed by atoms with E-state index in [0.717, 1.165) is 20.6 Å². The number of carboxylic acid groups (broad SMARTS) is 1. The van der Waals surface area contributed by atoms with Crippen LogP contribution in [0.25, 0.3) is 0 Å². The minimum Gasteiger partial charge on any atom is -0.491 e. The highest BCUT2D eigenvalue weighted by molar-refractivity contribution is 14.1. The van der Waals surface area contributed by atoms with Gasteiger partial charge in [0, 0.05) is 10.0 Å². The summed E-state index contributed by atoms with van der Waals surface area (Å²) in [4.78, 5) is 34.7. The molecule has 2 amide bonds. The maximum absolute atomic E-state index is 13.6. The van der Waals surface area contributed by atoms with Crippen molar-refractivity contribution in [1.82, 2.24) is 10.6 Å². The van der Waals surface area contributed by atoms with E-state index in [2.05, 4.69) is 39.3 Å². The van der Waals surface area contributed by atoms with E-state index in [9.17, 15) is 14.7 Å². The Morgan fingerprint density at radius 1 is 1.02 bits per heavy atom. The van der Waals surface area contributed by atoms with E-state index in [-0.39, 0.29) is 5.60 Å². The lowest BCUT2D eigenvalue weighted by Crippen LogP contribution is -2.47. The molecule has 0 radical (unpaired) electrons. The number of carbonyl (C=O) groups is 2. The van der Waals surface area contributed by atoms with E-state index in [1.165, 1.54) is 0 Å². The molecule has 2 aromatic carbocycles. The molecular weight excluding hydrogens is 623 g/mol. The van der Waals surface area contributed by atoms with Gasteiger partial charge in [0.25, 0.3) is 0 Å². The van der Waals surface area contributed by atoms with Crippen molar-refractivity contribution in [2.45, 2.75) is 51.3 Å². The first-order valence-corrected chi connectivity index (χ1v) is 14.1. The molecule has 40 heavy (non-hydrogen) atoms. The fourth-order valence-electron chi connectivity index (χ4n) is 4.21. The van der Waals surface area contributed by atoms with E-state index in [4.69, 9.17) is 19.5 Å². The zero-order chi connectivity index (χ0) is 28.7. The molecule has 210 valence electrons. The molecule has 4 rings (SSSR count). The molecule has 2 atom stereocenters. The Labute approximate surface area is 247 Å². The van der Waals surface area contributed by atoms with Crippen LogP contribution in [0.1, 0.15) is 44.4 Å². The Morgan fingerprint density at radius 3 is 2.42 bits per heavy atom. The molecule has 0 saturated carbocycles. The van der Waals surface area contributed by atoms with Gasteiger partial charge >= 0.3 is 6.09 Å². The number of benzene rings is 2. The lowest BCUT2D eigenvalue weighted by atomic mass is 10.0. The van der Waals surface area contributed by atoms with Gasteiger partial charge in [0.1, 0.15) is 18.4 Å². The summed E-state index contributed by atoms with van der Waals surface area (Å²) in [6.45, 7) is 6.72. The molecule has 1 unspecified atom stereocenters. The summed E-state index contributed by atoms with van der Waals surface area (Å²) in [7, 11) is 0. The number of halogens is 1. The van der Waals surface area contributed by atoms with E-state index in [1.54, 1.807) is 24.3 Å².